The van der Waals surface area contributed by atoms with Gasteiger partial charge in [0.15, 0.2) is 6.10 Å². The summed E-state index contributed by atoms with van der Waals surface area (Å²) in [6, 6.07) is 24.5. The molecule has 2 unspecified atom stereocenters. The van der Waals surface area contributed by atoms with Gasteiger partial charge >= 0.3 is 12.0 Å². The van der Waals surface area contributed by atoms with Crippen molar-refractivity contribution in [2.45, 2.75) is 80.1 Å². The Morgan fingerprint density at radius 2 is 1.51 bits per heavy atom. The van der Waals surface area contributed by atoms with E-state index in [1.54, 1.807) is 30.8 Å². The standard InChI is InChI=1S/C35H38N6O4.C4H8O3.C3H5Cl.CH4/c1-22-11-13-25(14-12-22)41-32(20-30(40-41)35(3,4)5)39-34(43)37-28-15-16-29(27-10-8-7-9-26(27)28)45-21-24-17-18-36-31(19-24)38-33(42)23(2)44-6;1-3(7-2)4(5)6;1-3(2)4;/h7-20,23H,21H2,1-6H3,(H,36,38,42)(H2,37,39,43);3H,1-2H3,(H,5,6);1H2,2H3;1H4. The molecule has 0 radical (unpaired) electrons. The number of aromatic nitrogens is 3. The number of methoxy groups -OCH3 is 2. The highest BCUT2D eigenvalue weighted by Gasteiger charge is 2.22. The molecule has 57 heavy (non-hydrogen) atoms. The number of amides is 3. The molecule has 0 saturated heterocycles. The van der Waals surface area contributed by atoms with Gasteiger partial charge in [-0.15, -0.1) is 0 Å². The maximum atomic E-state index is 13.3. The van der Waals surface area contributed by atoms with E-state index in [1.165, 1.54) is 21.1 Å². The molecule has 5 rings (SSSR count). The lowest BCUT2D eigenvalue weighted by Gasteiger charge is -2.15. The number of carbonyl (C=O) groups is 3. The molecule has 3 amide bonds. The van der Waals surface area contributed by atoms with E-state index in [1.807, 2.05) is 79.7 Å². The first-order valence-corrected chi connectivity index (χ1v) is 18.1. The van der Waals surface area contributed by atoms with Gasteiger partial charge in [-0.25, -0.2) is 19.3 Å². The van der Waals surface area contributed by atoms with Crippen molar-refractivity contribution < 1.29 is 33.7 Å². The van der Waals surface area contributed by atoms with Gasteiger partial charge in [-0.3, -0.25) is 10.1 Å². The first kappa shape index (κ1) is 47.4. The second kappa shape index (κ2) is 22.1. The normalized spacial score (nSPS) is 11.6. The number of ether oxygens (including phenoxy) is 3. The smallest absolute Gasteiger partial charge is 0.332 e. The number of aryl methyl sites for hydroxylation is 1. The summed E-state index contributed by atoms with van der Waals surface area (Å²) in [4.78, 5) is 39.5. The van der Waals surface area contributed by atoms with E-state index < -0.39 is 24.2 Å². The largest absolute Gasteiger partial charge is 0.488 e. The van der Waals surface area contributed by atoms with E-state index in [0.29, 0.717) is 28.1 Å². The molecule has 14 heteroatoms. The van der Waals surface area contributed by atoms with Gasteiger partial charge in [0.2, 0.25) is 0 Å². The molecule has 0 bridgehead atoms. The first-order valence-electron chi connectivity index (χ1n) is 17.7. The number of rotatable bonds is 11. The number of carboxylic acid groups (broad SMARTS) is 1. The van der Waals surface area contributed by atoms with Gasteiger partial charge in [0.05, 0.1) is 17.1 Å². The van der Waals surface area contributed by atoms with Crippen LogP contribution < -0.4 is 20.7 Å². The van der Waals surface area contributed by atoms with Gasteiger partial charge in [0, 0.05) is 47.7 Å². The molecule has 0 aliphatic rings. The zero-order valence-electron chi connectivity index (χ0n) is 33.3. The fraction of sp³-hybridized carbons (Fsp3) is 0.326. The summed E-state index contributed by atoms with van der Waals surface area (Å²) in [7, 11) is 2.84. The van der Waals surface area contributed by atoms with Crippen molar-refractivity contribution in [3.05, 3.63) is 113 Å². The quantitative estimate of drug-likeness (QED) is 0.102. The molecule has 4 N–H and O–H groups in total. The minimum absolute atomic E-state index is 0. The van der Waals surface area contributed by atoms with Crippen molar-refractivity contribution in [1.29, 1.82) is 0 Å². The van der Waals surface area contributed by atoms with Gasteiger partial charge in [0.1, 0.15) is 30.1 Å². The van der Waals surface area contributed by atoms with Crippen molar-refractivity contribution >= 4 is 57.6 Å². The number of benzene rings is 3. The number of fused-ring (bicyclic) bond motifs is 1. The Morgan fingerprint density at radius 3 is 2.07 bits per heavy atom. The Labute approximate surface area is 340 Å². The average Bonchev–Trinajstić information content (AvgIpc) is 3.58. The van der Waals surface area contributed by atoms with Gasteiger partial charge < -0.3 is 30.0 Å². The number of allylic oxidation sites excluding steroid dienone is 1. The molecule has 0 aliphatic carbocycles. The summed E-state index contributed by atoms with van der Waals surface area (Å²) >= 11 is 5.08. The van der Waals surface area contributed by atoms with Crippen molar-refractivity contribution in [2.24, 2.45) is 0 Å². The molecule has 0 aliphatic heterocycles. The summed E-state index contributed by atoms with van der Waals surface area (Å²) in [5.74, 6) is 0.422. The minimum atomic E-state index is -0.928. The van der Waals surface area contributed by atoms with Gasteiger partial charge in [-0.1, -0.05) is 88.3 Å². The lowest BCUT2D eigenvalue weighted by molar-refractivity contribution is -0.147. The zero-order valence-corrected chi connectivity index (χ0v) is 34.0. The summed E-state index contributed by atoms with van der Waals surface area (Å²) in [5, 5.41) is 23.9. The highest BCUT2D eigenvalue weighted by atomic mass is 35.5. The molecule has 2 aromatic heterocycles. The average molecular weight is 803 g/mol. The molecular weight excluding hydrogens is 748 g/mol. The van der Waals surface area contributed by atoms with Crippen molar-refractivity contribution in [2.75, 3.05) is 30.2 Å². The molecule has 306 valence electrons. The van der Waals surface area contributed by atoms with Crippen LogP contribution in [0.3, 0.4) is 0 Å². The predicted molar refractivity (Wildman–Crippen MR) is 229 cm³/mol. The number of pyridine rings is 1. The lowest BCUT2D eigenvalue weighted by atomic mass is 9.92. The second-order valence-corrected chi connectivity index (χ2v) is 14.4. The summed E-state index contributed by atoms with van der Waals surface area (Å²) < 4.78 is 17.4. The van der Waals surface area contributed by atoms with E-state index in [9.17, 15) is 14.4 Å². The van der Waals surface area contributed by atoms with E-state index in [4.69, 9.17) is 31.3 Å². The highest BCUT2D eigenvalue weighted by molar-refractivity contribution is 6.28. The summed E-state index contributed by atoms with van der Waals surface area (Å²) in [5.41, 5.74) is 4.11. The number of nitrogens with one attached hydrogen (secondary N) is 3. The van der Waals surface area contributed by atoms with Crippen LogP contribution in [0.1, 0.15) is 65.8 Å². The Balaban J connectivity index is 0.000000824. The number of hydrogen-bond donors (Lipinski definition) is 4. The van der Waals surface area contributed by atoms with Crippen molar-refractivity contribution in [3.8, 4) is 11.4 Å². The maximum Gasteiger partial charge on any atom is 0.332 e. The Morgan fingerprint density at radius 1 is 0.895 bits per heavy atom. The van der Waals surface area contributed by atoms with E-state index in [-0.39, 0.29) is 25.4 Å². The monoisotopic (exact) mass is 802 g/mol. The first-order chi connectivity index (χ1) is 26.4. The zero-order chi connectivity index (χ0) is 41.6. The van der Waals surface area contributed by atoms with Crippen LogP contribution in [0.5, 0.6) is 5.75 Å². The predicted octanol–water partition coefficient (Wildman–Crippen LogP) is 9.72. The number of urea groups is 1. The Bertz CT molecular complexity index is 2110. The number of carbonyl (C=O) groups excluding carboxylic acids is 2. The number of hydrogen-bond acceptors (Lipinski definition) is 8. The molecule has 13 nitrogen and oxygen atoms in total. The fourth-order valence-electron chi connectivity index (χ4n) is 4.72. The number of aliphatic carboxylic acids is 1. The Hall–Kier alpha value is -5.76. The third-order valence-corrected chi connectivity index (χ3v) is 8.02. The number of nitrogens with zero attached hydrogens (tertiary/aromatic N) is 3. The van der Waals surface area contributed by atoms with Crippen LogP contribution in [0.15, 0.2) is 96.7 Å². The molecule has 0 spiro atoms. The number of halogens is 1. The molecule has 2 heterocycles. The Kier molecular flexibility index (Phi) is 18.4. The van der Waals surface area contributed by atoms with Crippen LogP contribution in [0.4, 0.5) is 22.1 Å². The molecule has 5 aromatic rings. The van der Waals surface area contributed by atoms with Crippen LogP contribution in [0.25, 0.3) is 16.5 Å². The molecular formula is C43H55ClN6O7. The van der Waals surface area contributed by atoms with Gasteiger partial charge in [-0.05, 0) is 69.7 Å². The van der Waals surface area contributed by atoms with Crippen LogP contribution in [-0.4, -0.2) is 64.2 Å². The molecule has 2 atom stereocenters. The van der Waals surface area contributed by atoms with Crippen LogP contribution >= 0.6 is 11.6 Å². The topological polar surface area (TPSA) is 166 Å². The molecule has 3 aromatic carbocycles. The third kappa shape index (κ3) is 14.7. The van der Waals surface area contributed by atoms with E-state index >= 15 is 0 Å². The van der Waals surface area contributed by atoms with Gasteiger partial charge in [0.25, 0.3) is 5.91 Å². The summed E-state index contributed by atoms with van der Waals surface area (Å²) in [6.45, 7) is 16.7. The highest BCUT2D eigenvalue weighted by Crippen LogP contribution is 2.33. The molecule has 0 saturated carbocycles. The fourth-order valence-corrected chi connectivity index (χ4v) is 4.72. The lowest BCUT2D eigenvalue weighted by Crippen LogP contribution is -2.26. The van der Waals surface area contributed by atoms with Crippen LogP contribution in [0.2, 0.25) is 0 Å². The third-order valence-electron chi connectivity index (χ3n) is 8.02. The molecule has 0 fully saturated rings. The summed E-state index contributed by atoms with van der Waals surface area (Å²) in [6.07, 6.45) is 0.341. The van der Waals surface area contributed by atoms with Crippen molar-refractivity contribution in [1.82, 2.24) is 14.8 Å². The minimum Gasteiger partial charge on any atom is -0.488 e. The van der Waals surface area contributed by atoms with Crippen LogP contribution in [0, 0.1) is 6.92 Å². The maximum absolute atomic E-state index is 13.3. The van der Waals surface area contributed by atoms with Gasteiger partial charge in [-0.2, -0.15) is 5.10 Å². The SMILES string of the molecule is C.C=C(C)Cl.COC(C)C(=O)Nc1cc(COc2ccc(NC(=O)Nc3cc(C(C)(C)C)nn3-c3ccc(C)cc3)c3ccccc23)ccn1.COC(C)C(=O)O. The number of carboxylic acids is 1. The van der Waals surface area contributed by atoms with E-state index in [2.05, 4.69) is 53.0 Å². The number of anilines is 3. The van der Waals surface area contributed by atoms with E-state index in [0.717, 1.165) is 33.3 Å². The second-order valence-electron chi connectivity index (χ2n) is 13.7. The van der Waals surface area contributed by atoms with Crippen molar-refractivity contribution in [3.63, 3.8) is 0 Å². The van der Waals surface area contributed by atoms with Crippen LogP contribution in [-0.2, 0) is 31.1 Å².